The van der Waals surface area contributed by atoms with Gasteiger partial charge in [0.2, 0.25) is 10.0 Å². The molecule has 0 spiro atoms. The quantitative estimate of drug-likeness (QED) is 0.919. The molecule has 1 N–H and O–H groups in total. The van der Waals surface area contributed by atoms with E-state index in [2.05, 4.69) is 4.98 Å². The highest BCUT2D eigenvalue weighted by atomic mass is 32.2. The van der Waals surface area contributed by atoms with Crippen molar-refractivity contribution < 1.29 is 18.3 Å². The second-order valence-electron chi connectivity index (χ2n) is 5.89. The number of pyridine rings is 1. The molecule has 1 aliphatic heterocycles. The molecule has 1 atom stereocenters. The molecule has 24 heavy (non-hydrogen) atoms. The second-order valence-corrected chi connectivity index (χ2v) is 7.83. The summed E-state index contributed by atoms with van der Waals surface area (Å²) in [6, 6.07) is 10.0. The Kier molecular flexibility index (Phi) is 4.38. The van der Waals surface area contributed by atoms with Crippen LogP contribution < -0.4 is 0 Å². The Labute approximate surface area is 140 Å². The molecule has 0 radical (unpaired) electrons. The standard InChI is InChI=1S/C17H18N2O4S/c1-24(22,23)19-9-3-6-16(19)13-7-8-18-15(11-13)12-4-2-5-14(10-12)17(20)21/h2,4-5,7-8,10-11,16H,3,6,9H2,1H3,(H,20,21)/t16-/m0/s1. The van der Waals surface area contributed by atoms with Gasteiger partial charge in [-0.2, -0.15) is 4.31 Å². The zero-order valence-electron chi connectivity index (χ0n) is 13.2. The summed E-state index contributed by atoms with van der Waals surface area (Å²) in [5, 5.41) is 9.11. The van der Waals surface area contributed by atoms with Crippen molar-refractivity contribution >= 4 is 16.0 Å². The van der Waals surface area contributed by atoms with Gasteiger partial charge in [0.15, 0.2) is 0 Å². The summed E-state index contributed by atoms with van der Waals surface area (Å²) in [7, 11) is -3.26. The maximum atomic E-state index is 11.9. The van der Waals surface area contributed by atoms with Gasteiger partial charge in [0.05, 0.1) is 17.5 Å². The van der Waals surface area contributed by atoms with Crippen molar-refractivity contribution in [2.45, 2.75) is 18.9 Å². The molecule has 2 heterocycles. The van der Waals surface area contributed by atoms with E-state index in [0.29, 0.717) is 17.8 Å². The van der Waals surface area contributed by atoms with Crippen LogP contribution in [-0.2, 0) is 10.0 Å². The number of hydrogen-bond donors (Lipinski definition) is 1. The number of hydrogen-bond acceptors (Lipinski definition) is 4. The fraction of sp³-hybridized carbons (Fsp3) is 0.294. The van der Waals surface area contributed by atoms with Gasteiger partial charge in [0, 0.05) is 24.3 Å². The van der Waals surface area contributed by atoms with Crippen molar-refractivity contribution in [3.63, 3.8) is 0 Å². The third-order valence-corrected chi connectivity index (χ3v) is 5.49. The van der Waals surface area contributed by atoms with Crippen LogP contribution in [-0.4, -0.2) is 41.6 Å². The van der Waals surface area contributed by atoms with Gasteiger partial charge >= 0.3 is 5.97 Å². The number of carboxylic acids is 1. The fourth-order valence-corrected chi connectivity index (χ4v) is 4.24. The largest absolute Gasteiger partial charge is 0.478 e. The molecular weight excluding hydrogens is 328 g/mol. The van der Waals surface area contributed by atoms with Crippen LogP contribution in [0, 0.1) is 0 Å². The molecular formula is C17H18N2O4S. The number of rotatable bonds is 4. The molecule has 7 heteroatoms. The molecule has 1 aliphatic rings. The molecule has 0 unspecified atom stereocenters. The molecule has 1 aromatic carbocycles. The van der Waals surface area contributed by atoms with Crippen molar-refractivity contribution in [3.8, 4) is 11.3 Å². The molecule has 6 nitrogen and oxygen atoms in total. The molecule has 0 saturated carbocycles. The molecule has 126 valence electrons. The Hall–Kier alpha value is -2.25. The lowest BCUT2D eigenvalue weighted by atomic mass is 10.0. The summed E-state index contributed by atoms with van der Waals surface area (Å²) in [4.78, 5) is 15.4. The fourth-order valence-electron chi connectivity index (χ4n) is 3.09. The number of aromatic nitrogens is 1. The third kappa shape index (κ3) is 3.32. The highest BCUT2D eigenvalue weighted by Crippen LogP contribution is 2.34. The molecule has 0 bridgehead atoms. The first-order chi connectivity index (χ1) is 11.4. The molecule has 3 rings (SSSR count). The van der Waals surface area contributed by atoms with Gasteiger partial charge < -0.3 is 5.11 Å². The average Bonchev–Trinajstić information content (AvgIpc) is 3.05. The highest BCUT2D eigenvalue weighted by molar-refractivity contribution is 7.88. The minimum Gasteiger partial charge on any atom is -0.478 e. The van der Waals surface area contributed by atoms with E-state index in [0.717, 1.165) is 18.4 Å². The predicted molar refractivity (Wildman–Crippen MR) is 90.2 cm³/mol. The van der Waals surface area contributed by atoms with Crippen LogP contribution in [0.5, 0.6) is 0 Å². The van der Waals surface area contributed by atoms with Gasteiger partial charge in [-0.25, -0.2) is 13.2 Å². The first kappa shape index (κ1) is 16.6. The molecule has 0 amide bonds. The van der Waals surface area contributed by atoms with Gasteiger partial charge in [0.25, 0.3) is 0 Å². The summed E-state index contributed by atoms with van der Waals surface area (Å²) < 4.78 is 25.4. The van der Waals surface area contributed by atoms with E-state index < -0.39 is 16.0 Å². The summed E-state index contributed by atoms with van der Waals surface area (Å²) in [5.41, 5.74) is 2.40. The smallest absolute Gasteiger partial charge is 0.335 e. The minimum absolute atomic E-state index is 0.190. The van der Waals surface area contributed by atoms with Crippen LogP contribution in [0.15, 0.2) is 42.6 Å². The van der Waals surface area contributed by atoms with E-state index in [1.807, 2.05) is 12.1 Å². The lowest BCUT2D eigenvalue weighted by Gasteiger charge is -2.22. The van der Waals surface area contributed by atoms with Crippen molar-refractivity contribution in [3.05, 3.63) is 53.7 Å². The molecule has 1 saturated heterocycles. The van der Waals surface area contributed by atoms with Gasteiger partial charge in [-0.15, -0.1) is 0 Å². The highest BCUT2D eigenvalue weighted by Gasteiger charge is 2.32. The summed E-state index contributed by atoms with van der Waals surface area (Å²) >= 11 is 0. The molecule has 0 aliphatic carbocycles. The van der Waals surface area contributed by atoms with Crippen LogP contribution in [0.1, 0.15) is 34.8 Å². The van der Waals surface area contributed by atoms with Gasteiger partial charge in [-0.1, -0.05) is 12.1 Å². The Morgan fingerprint density at radius 1 is 1.29 bits per heavy atom. The Bertz CT molecular complexity index is 880. The van der Waals surface area contributed by atoms with Gasteiger partial charge in [-0.3, -0.25) is 4.98 Å². The maximum Gasteiger partial charge on any atom is 0.335 e. The average molecular weight is 346 g/mol. The summed E-state index contributed by atoms with van der Waals surface area (Å²) in [6.07, 6.45) is 4.45. The first-order valence-corrected chi connectivity index (χ1v) is 9.47. The monoisotopic (exact) mass is 346 g/mol. The van der Waals surface area contributed by atoms with Crippen LogP contribution in [0.3, 0.4) is 0 Å². The zero-order chi connectivity index (χ0) is 17.3. The van der Waals surface area contributed by atoms with Crippen molar-refractivity contribution in [1.82, 2.24) is 9.29 Å². The van der Waals surface area contributed by atoms with Crippen LogP contribution in [0.2, 0.25) is 0 Å². The lowest BCUT2D eigenvalue weighted by Crippen LogP contribution is -2.29. The predicted octanol–water partition coefficient (Wildman–Crippen LogP) is 2.54. The van der Waals surface area contributed by atoms with Gasteiger partial charge in [0.1, 0.15) is 0 Å². The van der Waals surface area contributed by atoms with E-state index in [4.69, 9.17) is 5.11 Å². The van der Waals surface area contributed by atoms with Gasteiger partial charge in [-0.05, 0) is 42.7 Å². The number of sulfonamides is 1. The van der Waals surface area contributed by atoms with E-state index >= 15 is 0 Å². The molecule has 2 aromatic rings. The number of carbonyl (C=O) groups is 1. The van der Waals surface area contributed by atoms with Crippen molar-refractivity contribution in [2.24, 2.45) is 0 Å². The summed E-state index contributed by atoms with van der Waals surface area (Å²) in [6.45, 7) is 0.523. The minimum atomic E-state index is -3.26. The number of aromatic carboxylic acids is 1. The summed E-state index contributed by atoms with van der Waals surface area (Å²) in [5.74, 6) is -0.993. The Morgan fingerprint density at radius 3 is 2.79 bits per heavy atom. The SMILES string of the molecule is CS(=O)(=O)N1CCC[C@H]1c1ccnc(-c2cccc(C(=O)O)c2)c1. The molecule has 1 aromatic heterocycles. The van der Waals surface area contributed by atoms with Crippen LogP contribution in [0.4, 0.5) is 0 Å². The van der Waals surface area contributed by atoms with Crippen LogP contribution in [0.25, 0.3) is 11.3 Å². The number of benzene rings is 1. The van der Waals surface area contributed by atoms with Crippen LogP contribution >= 0.6 is 0 Å². The second kappa shape index (κ2) is 6.33. The Balaban J connectivity index is 1.98. The first-order valence-electron chi connectivity index (χ1n) is 7.63. The number of carboxylic acid groups (broad SMARTS) is 1. The maximum absolute atomic E-state index is 11.9. The van der Waals surface area contributed by atoms with Crippen molar-refractivity contribution in [1.29, 1.82) is 0 Å². The Morgan fingerprint density at radius 2 is 2.08 bits per heavy atom. The van der Waals surface area contributed by atoms with E-state index in [9.17, 15) is 13.2 Å². The van der Waals surface area contributed by atoms with E-state index in [1.54, 1.807) is 24.4 Å². The molecule has 1 fully saturated rings. The zero-order valence-corrected chi connectivity index (χ0v) is 14.0. The normalized spacial score (nSPS) is 18.6. The van der Waals surface area contributed by atoms with E-state index in [1.165, 1.54) is 16.6 Å². The van der Waals surface area contributed by atoms with E-state index in [-0.39, 0.29) is 11.6 Å². The number of nitrogens with zero attached hydrogens (tertiary/aromatic N) is 2. The lowest BCUT2D eigenvalue weighted by molar-refractivity contribution is 0.0697. The van der Waals surface area contributed by atoms with Crippen molar-refractivity contribution in [2.75, 3.05) is 12.8 Å². The topological polar surface area (TPSA) is 87.6 Å². The third-order valence-electron chi connectivity index (χ3n) is 4.20.